The van der Waals surface area contributed by atoms with Crippen molar-refractivity contribution in [3.05, 3.63) is 24.4 Å². The molecule has 1 atom stereocenters. The van der Waals surface area contributed by atoms with E-state index < -0.39 is 7.67 Å². The van der Waals surface area contributed by atoms with Crippen molar-refractivity contribution in [1.29, 1.82) is 0 Å². The van der Waals surface area contributed by atoms with Crippen LogP contribution in [-0.2, 0) is 4.57 Å². The van der Waals surface area contributed by atoms with Crippen LogP contribution in [-0.4, -0.2) is 10.1 Å². The van der Waals surface area contributed by atoms with Crippen LogP contribution >= 0.6 is 7.67 Å². The molecule has 5 N–H and O–H groups in total. The number of aromatic amines is 1. The summed E-state index contributed by atoms with van der Waals surface area (Å²) in [5.41, 5.74) is 5.69. The number of anilines is 1. The van der Waals surface area contributed by atoms with Gasteiger partial charge in [0.2, 0.25) is 0 Å². The number of phenolic OH excluding ortho intramolecular Hbond substituents is 1. The van der Waals surface area contributed by atoms with E-state index in [1.165, 1.54) is 12.1 Å². The summed E-state index contributed by atoms with van der Waals surface area (Å²) in [6.07, 6.45) is 1.60. The first-order valence-corrected chi connectivity index (χ1v) is 5.84. The van der Waals surface area contributed by atoms with E-state index in [1.54, 1.807) is 12.3 Å². The molecule has 0 amide bonds. The van der Waals surface area contributed by atoms with Crippen molar-refractivity contribution >= 4 is 24.3 Å². The van der Waals surface area contributed by atoms with Crippen molar-refractivity contribution in [2.45, 2.75) is 0 Å². The Bertz CT molecular complexity index is 545. The number of benzene rings is 1. The first-order chi connectivity index (χ1) is 6.97. The SMILES string of the molecule is NP(=O)([O-])Nc1ccc(O)c2[nH]ccc12. The maximum Gasteiger partial charge on any atom is 0.165 e. The van der Waals surface area contributed by atoms with E-state index in [4.69, 9.17) is 5.50 Å². The number of nitrogens with two attached hydrogens (primary N) is 1. The van der Waals surface area contributed by atoms with E-state index in [9.17, 15) is 14.6 Å². The number of H-pyrrole nitrogens is 1. The Morgan fingerprint density at radius 3 is 2.87 bits per heavy atom. The van der Waals surface area contributed by atoms with Gasteiger partial charge in [-0.05, 0) is 18.2 Å². The highest BCUT2D eigenvalue weighted by molar-refractivity contribution is 7.55. The lowest BCUT2D eigenvalue weighted by Crippen LogP contribution is -2.17. The van der Waals surface area contributed by atoms with Gasteiger partial charge in [-0.2, -0.15) is 0 Å². The van der Waals surface area contributed by atoms with Gasteiger partial charge in [0, 0.05) is 17.3 Å². The van der Waals surface area contributed by atoms with E-state index >= 15 is 0 Å². The van der Waals surface area contributed by atoms with E-state index in [0.29, 0.717) is 16.6 Å². The first kappa shape index (κ1) is 10.0. The molecule has 1 heterocycles. The van der Waals surface area contributed by atoms with Gasteiger partial charge in [-0.15, -0.1) is 0 Å². The van der Waals surface area contributed by atoms with Crippen LogP contribution in [0.3, 0.4) is 0 Å². The Kier molecular flexibility index (Phi) is 2.19. The molecule has 0 aliphatic carbocycles. The van der Waals surface area contributed by atoms with Crippen LogP contribution in [0.2, 0.25) is 0 Å². The van der Waals surface area contributed by atoms with Crippen LogP contribution < -0.4 is 15.5 Å². The Morgan fingerprint density at radius 1 is 1.47 bits per heavy atom. The molecule has 1 aromatic carbocycles. The van der Waals surface area contributed by atoms with Gasteiger partial charge in [0.1, 0.15) is 5.75 Å². The van der Waals surface area contributed by atoms with Gasteiger partial charge < -0.3 is 20.1 Å². The number of hydrogen-bond acceptors (Lipinski definition) is 3. The monoisotopic (exact) mass is 226 g/mol. The lowest BCUT2D eigenvalue weighted by molar-refractivity contribution is -0.173. The lowest BCUT2D eigenvalue weighted by atomic mass is 10.2. The van der Waals surface area contributed by atoms with Gasteiger partial charge in [-0.25, -0.2) is 0 Å². The fourth-order valence-electron chi connectivity index (χ4n) is 1.41. The summed E-state index contributed by atoms with van der Waals surface area (Å²) >= 11 is 0. The van der Waals surface area contributed by atoms with E-state index in [1.807, 2.05) is 0 Å². The Balaban J connectivity index is 2.58. The lowest BCUT2D eigenvalue weighted by Gasteiger charge is -2.20. The zero-order valence-corrected chi connectivity index (χ0v) is 8.49. The molecule has 0 bridgehead atoms. The highest BCUT2D eigenvalue weighted by Gasteiger charge is 2.08. The highest BCUT2D eigenvalue weighted by atomic mass is 31.2. The Hall–Kier alpha value is -1.49. The van der Waals surface area contributed by atoms with E-state index in [-0.39, 0.29) is 5.75 Å². The zero-order chi connectivity index (χ0) is 11.1. The van der Waals surface area contributed by atoms with E-state index in [2.05, 4.69) is 10.1 Å². The predicted octanol–water partition coefficient (Wildman–Crippen LogP) is 0.712. The third-order valence-corrected chi connectivity index (χ3v) is 2.53. The second-order valence-electron chi connectivity index (χ2n) is 3.11. The summed E-state index contributed by atoms with van der Waals surface area (Å²) in [5.74, 6) is 0.0540. The topological polar surface area (TPSA) is 114 Å². The minimum atomic E-state index is -4.08. The second kappa shape index (κ2) is 3.27. The van der Waals surface area contributed by atoms with Gasteiger partial charge in [0.25, 0.3) is 0 Å². The molecule has 0 fully saturated rings. The number of rotatable bonds is 2. The molecule has 0 saturated carbocycles. The molecule has 15 heavy (non-hydrogen) atoms. The number of nitrogens with one attached hydrogen (secondary N) is 2. The van der Waals surface area contributed by atoms with Crippen LogP contribution in [0.1, 0.15) is 0 Å². The van der Waals surface area contributed by atoms with Gasteiger partial charge >= 0.3 is 0 Å². The molecule has 0 spiro atoms. The van der Waals surface area contributed by atoms with Crippen molar-refractivity contribution < 1.29 is 14.6 Å². The first-order valence-electron chi connectivity index (χ1n) is 4.14. The van der Waals surface area contributed by atoms with Crippen molar-refractivity contribution in [3.8, 4) is 5.75 Å². The fraction of sp³-hybridized carbons (Fsp3) is 0. The standard InChI is InChI=1S/C8H10N3O3P/c9-15(13,14)11-6-1-2-7(12)8-5(6)3-4-10-8/h1-4,10,12H,(H4,9,11,13,14)/p-1. The maximum atomic E-state index is 10.9. The minimum absolute atomic E-state index is 0.0540. The molecule has 2 rings (SSSR count). The number of aromatic nitrogens is 1. The van der Waals surface area contributed by atoms with Crippen molar-refractivity contribution in [2.75, 3.05) is 5.09 Å². The summed E-state index contributed by atoms with van der Waals surface area (Å²) in [6, 6.07) is 4.48. The average Bonchev–Trinajstić information content (AvgIpc) is 2.57. The molecule has 6 nitrogen and oxygen atoms in total. The number of hydrogen-bond donors (Lipinski definition) is 4. The van der Waals surface area contributed by atoms with E-state index in [0.717, 1.165) is 0 Å². The minimum Gasteiger partial charge on any atom is -0.772 e. The Morgan fingerprint density at radius 2 is 2.20 bits per heavy atom. The van der Waals surface area contributed by atoms with Gasteiger partial charge in [-0.3, -0.25) is 10.1 Å². The summed E-state index contributed by atoms with van der Waals surface area (Å²) < 4.78 is 10.9. The second-order valence-corrected chi connectivity index (χ2v) is 4.53. The zero-order valence-electron chi connectivity index (χ0n) is 7.60. The third kappa shape index (κ3) is 1.97. The smallest absolute Gasteiger partial charge is 0.165 e. The van der Waals surface area contributed by atoms with Crippen LogP contribution in [0.4, 0.5) is 5.69 Å². The summed E-state index contributed by atoms with van der Waals surface area (Å²) in [5, 5.41) is 12.2. The molecular formula is C8H9N3O3P-. The number of fused-ring (bicyclic) bond motifs is 1. The Labute approximate surface area is 85.3 Å². The normalized spacial score (nSPS) is 15.1. The van der Waals surface area contributed by atoms with Crippen LogP contribution in [0.5, 0.6) is 5.75 Å². The van der Waals surface area contributed by atoms with Crippen LogP contribution in [0.15, 0.2) is 24.4 Å². The molecule has 1 unspecified atom stereocenters. The summed E-state index contributed by atoms with van der Waals surface area (Å²) in [6.45, 7) is 0. The maximum absolute atomic E-state index is 10.9. The molecule has 0 aliphatic heterocycles. The highest BCUT2D eigenvalue weighted by Crippen LogP contribution is 2.35. The quantitative estimate of drug-likeness (QED) is 0.444. The molecular weight excluding hydrogens is 217 g/mol. The molecule has 0 radical (unpaired) electrons. The predicted molar refractivity (Wildman–Crippen MR) is 55.4 cm³/mol. The van der Waals surface area contributed by atoms with Gasteiger partial charge in [0.05, 0.1) is 5.52 Å². The van der Waals surface area contributed by atoms with Crippen molar-refractivity contribution in [2.24, 2.45) is 5.50 Å². The summed E-state index contributed by atoms with van der Waals surface area (Å²) in [7, 11) is -4.08. The van der Waals surface area contributed by atoms with Gasteiger partial charge in [-0.1, -0.05) is 0 Å². The molecule has 0 saturated heterocycles. The number of phenols is 1. The molecule has 2 aromatic rings. The van der Waals surface area contributed by atoms with Crippen molar-refractivity contribution in [3.63, 3.8) is 0 Å². The third-order valence-electron chi connectivity index (χ3n) is 1.98. The molecule has 0 aliphatic rings. The number of aromatic hydroxyl groups is 1. The average molecular weight is 226 g/mol. The van der Waals surface area contributed by atoms with Crippen LogP contribution in [0, 0.1) is 0 Å². The molecule has 7 heteroatoms. The van der Waals surface area contributed by atoms with Crippen molar-refractivity contribution in [1.82, 2.24) is 4.98 Å². The molecule has 1 aromatic heterocycles. The largest absolute Gasteiger partial charge is 0.772 e. The van der Waals surface area contributed by atoms with Crippen LogP contribution in [0.25, 0.3) is 10.9 Å². The van der Waals surface area contributed by atoms with Gasteiger partial charge in [0.15, 0.2) is 7.67 Å². The molecule has 80 valence electrons. The fourth-order valence-corrected chi connectivity index (χ4v) is 1.94. The summed E-state index contributed by atoms with van der Waals surface area (Å²) in [4.78, 5) is 13.7.